The molecule has 0 aliphatic rings. The Kier molecular flexibility index (Phi) is 7.09. The van der Waals surface area contributed by atoms with Gasteiger partial charge in [0.2, 0.25) is 5.78 Å². The summed E-state index contributed by atoms with van der Waals surface area (Å²) in [4.78, 5) is 23.4. The standard InChI is InChI=1S/C12H17N3O3S/c1-9(19-5-4-18-3-2-13)6-11(17)12-10(8-16)7-14-15-12/h6-8H,2-5,13H2,1H3,(H,14,15). The fraction of sp³-hybridized carbons (Fsp3) is 0.417. The molecule has 3 N–H and O–H groups in total. The van der Waals surface area contributed by atoms with E-state index in [4.69, 9.17) is 10.5 Å². The first-order valence-corrected chi connectivity index (χ1v) is 6.79. The number of aldehydes is 1. The van der Waals surface area contributed by atoms with Crippen molar-refractivity contribution >= 4 is 23.8 Å². The van der Waals surface area contributed by atoms with E-state index >= 15 is 0 Å². The average molecular weight is 283 g/mol. The van der Waals surface area contributed by atoms with Crippen LogP contribution in [0.15, 0.2) is 17.2 Å². The minimum atomic E-state index is -0.257. The maximum Gasteiger partial charge on any atom is 0.205 e. The highest BCUT2D eigenvalue weighted by atomic mass is 32.2. The first-order valence-electron chi connectivity index (χ1n) is 5.80. The van der Waals surface area contributed by atoms with Crippen LogP contribution < -0.4 is 5.73 Å². The molecular weight excluding hydrogens is 266 g/mol. The van der Waals surface area contributed by atoms with Crippen LogP contribution in [0.25, 0.3) is 0 Å². The van der Waals surface area contributed by atoms with Gasteiger partial charge in [0, 0.05) is 12.3 Å². The topological polar surface area (TPSA) is 98.1 Å². The van der Waals surface area contributed by atoms with Crippen LogP contribution in [0.4, 0.5) is 0 Å². The van der Waals surface area contributed by atoms with E-state index in [2.05, 4.69) is 10.2 Å². The Hall–Kier alpha value is -1.44. The summed E-state index contributed by atoms with van der Waals surface area (Å²) < 4.78 is 5.23. The van der Waals surface area contributed by atoms with Crippen molar-refractivity contribution in [2.45, 2.75) is 6.92 Å². The smallest absolute Gasteiger partial charge is 0.205 e. The van der Waals surface area contributed by atoms with Gasteiger partial charge in [-0.05, 0) is 17.9 Å². The number of nitrogens with one attached hydrogen (secondary N) is 1. The molecule has 1 heterocycles. The summed E-state index contributed by atoms with van der Waals surface area (Å²) in [5.74, 6) is 0.492. The van der Waals surface area contributed by atoms with E-state index in [9.17, 15) is 9.59 Å². The third kappa shape index (κ3) is 5.37. The number of allylic oxidation sites excluding steroid dienone is 2. The summed E-state index contributed by atoms with van der Waals surface area (Å²) in [7, 11) is 0. The second-order valence-electron chi connectivity index (χ2n) is 3.69. The molecular formula is C12H17N3O3S. The molecule has 0 spiro atoms. The van der Waals surface area contributed by atoms with Crippen LogP contribution in [-0.4, -0.2) is 47.8 Å². The van der Waals surface area contributed by atoms with Crippen molar-refractivity contribution in [3.05, 3.63) is 28.4 Å². The molecule has 1 aromatic heterocycles. The van der Waals surface area contributed by atoms with Gasteiger partial charge in [0.1, 0.15) is 5.69 Å². The van der Waals surface area contributed by atoms with E-state index < -0.39 is 0 Å². The number of carbonyl (C=O) groups is 2. The van der Waals surface area contributed by atoms with Crippen molar-refractivity contribution in [2.75, 3.05) is 25.5 Å². The summed E-state index contributed by atoms with van der Waals surface area (Å²) in [6.45, 7) is 3.47. The Morgan fingerprint density at radius 1 is 1.58 bits per heavy atom. The zero-order chi connectivity index (χ0) is 14.1. The molecule has 0 bridgehead atoms. The van der Waals surface area contributed by atoms with Crippen LogP contribution in [0.2, 0.25) is 0 Å². The second kappa shape index (κ2) is 8.63. The fourth-order valence-corrected chi connectivity index (χ4v) is 2.04. The monoisotopic (exact) mass is 283 g/mol. The van der Waals surface area contributed by atoms with E-state index in [1.807, 2.05) is 6.92 Å². The minimum absolute atomic E-state index is 0.217. The molecule has 19 heavy (non-hydrogen) atoms. The quantitative estimate of drug-likeness (QED) is 0.304. The van der Waals surface area contributed by atoms with Gasteiger partial charge in [0.15, 0.2) is 6.29 Å². The van der Waals surface area contributed by atoms with Gasteiger partial charge in [0.25, 0.3) is 0 Å². The Bertz CT molecular complexity index is 457. The number of ketones is 1. The lowest BCUT2D eigenvalue weighted by Crippen LogP contribution is -2.09. The van der Waals surface area contributed by atoms with E-state index in [0.717, 1.165) is 10.7 Å². The van der Waals surface area contributed by atoms with Crippen LogP contribution in [-0.2, 0) is 4.74 Å². The van der Waals surface area contributed by atoms with Crippen molar-refractivity contribution in [3.8, 4) is 0 Å². The minimum Gasteiger partial charge on any atom is -0.379 e. The third-order valence-corrected chi connectivity index (χ3v) is 3.14. The lowest BCUT2D eigenvalue weighted by Gasteiger charge is -2.02. The number of carbonyl (C=O) groups excluding carboxylic acids is 2. The van der Waals surface area contributed by atoms with E-state index in [1.54, 1.807) is 0 Å². The number of nitrogens with zero attached hydrogens (tertiary/aromatic N) is 1. The number of aromatic nitrogens is 2. The van der Waals surface area contributed by atoms with E-state index in [1.165, 1.54) is 24.0 Å². The van der Waals surface area contributed by atoms with Gasteiger partial charge in [-0.15, -0.1) is 11.8 Å². The van der Waals surface area contributed by atoms with E-state index in [0.29, 0.717) is 26.0 Å². The maximum absolute atomic E-state index is 11.9. The highest BCUT2D eigenvalue weighted by Crippen LogP contribution is 2.15. The summed E-state index contributed by atoms with van der Waals surface area (Å²) in [5.41, 5.74) is 5.78. The average Bonchev–Trinajstić information content (AvgIpc) is 2.86. The largest absolute Gasteiger partial charge is 0.379 e. The Labute approximate surface area is 115 Å². The van der Waals surface area contributed by atoms with Crippen molar-refractivity contribution in [1.82, 2.24) is 10.2 Å². The van der Waals surface area contributed by atoms with Crippen molar-refractivity contribution in [3.63, 3.8) is 0 Å². The highest BCUT2D eigenvalue weighted by Gasteiger charge is 2.11. The van der Waals surface area contributed by atoms with Crippen LogP contribution >= 0.6 is 11.8 Å². The van der Waals surface area contributed by atoms with Gasteiger partial charge in [-0.1, -0.05) is 0 Å². The molecule has 0 aliphatic carbocycles. The maximum atomic E-state index is 11.9. The number of rotatable bonds is 9. The molecule has 0 atom stereocenters. The van der Waals surface area contributed by atoms with E-state index in [-0.39, 0.29) is 17.0 Å². The molecule has 0 aromatic carbocycles. The number of H-pyrrole nitrogens is 1. The number of hydrogen-bond donors (Lipinski definition) is 2. The predicted molar refractivity (Wildman–Crippen MR) is 74.4 cm³/mol. The molecule has 0 radical (unpaired) electrons. The van der Waals surface area contributed by atoms with Crippen LogP contribution in [0.5, 0.6) is 0 Å². The SMILES string of the molecule is CC(=CC(=O)c1[nH]ncc1C=O)SCCOCCN. The van der Waals surface area contributed by atoms with Gasteiger partial charge in [-0.3, -0.25) is 14.7 Å². The lowest BCUT2D eigenvalue weighted by molar-refractivity contribution is 0.103. The summed E-state index contributed by atoms with van der Waals surface area (Å²) in [6, 6.07) is 0. The number of thioether (sulfide) groups is 1. The number of ether oxygens (including phenoxy) is 1. The normalized spacial score (nSPS) is 11.6. The second-order valence-corrected chi connectivity index (χ2v) is 5.03. The van der Waals surface area contributed by atoms with Crippen LogP contribution in [0.3, 0.4) is 0 Å². The van der Waals surface area contributed by atoms with Crippen LogP contribution in [0, 0.1) is 0 Å². The molecule has 0 unspecified atom stereocenters. The van der Waals surface area contributed by atoms with Crippen molar-refractivity contribution < 1.29 is 14.3 Å². The van der Waals surface area contributed by atoms with Crippen LogP contribution in [0.1, 0.15) is 27.8 Å². The van der Waals surface area contributed by atoms with Gasteiger partial charge in [-0.2, -0.15) is 5.10 Å². The van der Waals surface area contributed by atoms with Gasteiger partial charge >= 0.3 is 0 Å². The zero-order valence-corrected chi connectivity index (χ0v) is 11.5. The van der Waals surface area contributed by atoms with Crippen molar-refractivity contribution in [1.29, 1.82) is 0 Å². The molecule has 0 saturated heterocycles. The highest BCUT2D eigenvalue weighted by molar-refractivity contribution is 8.03. The molecule has 7 heteroatoms. The zero-order valence-electron chi connectivity index (χ0n) is 10.7. The van der Waals surface area contributed by atoms with Gasteiger partial charge < -0.3 is 10.5 Å². The Morgan fingerprint density at radius 3 is 3.05 bits per heavy atom. The lowest BCUT2D eigenvalue weighted by atomic mass is 10.2. The first kappa shape index (κ1) is 15.6. The summed E-state index contributed by atoms with van der Waals surface area (Å²) in [5, 5.41) is 6.19. The Balaban J connectivity index is 2.45. The van der Waals surface area contributed by atoms with Gasteiger partial charge in [-0.25, -0.2) is 0 Å². The molecule has 0 amide bonds. The third-order valence-electron chi connectivity index (χ3n) is 2.20. The molecule has 1 aromatic rings. The fourth-order valence-electron chi connectivity index (χ4n) is 1.33. The van der Waals surface area contributed by atoms with Gasteiger partial charge in [0.05, 0.1) is 25.0 Å². The molecule has 0 saturated carbocycles. The molecule has 0 aliphatic heterocycles. The molecule has 0 fully saturated rings. The number of hydrogen-bond acceptors (Lipinski definition) is 6. The number of aromatic amines is 1. The predicted octanol–water partition coefficient (Wildman–Crippen LogP) is 1.02. The molecule has 104 valence electrons. The number of nitrogens with two attached hydrogens (primary N) is 1. The Morgan fingerprint density at radius 2 is 2.37 bits per heavy atom. The first-order chi connectivity index (χ1) is 9.19. The molecule has 6 nitrogen and oxygen atoms in total. The van der Waals surface area contributed by atoms with Crippen molar-refractivity contribution in [2.24, 2.45) is 5.73 Å². The molecule has 1 rings (SSSR count). The summed E-state index contributed by atoms with van der Waals surface area (Å²) >= 11 is 1.52. The summed E-state index contributed by atoms with van der Waals surface area (Å²) in [6.07, 6.45) is 3.42.